The van der Waals surface area contributed by atoms with E-state index < -0.39 is 10.0 Å². The largest absolute Gasteiger partial charge is 0.497 e. The van der Waals surface area contributed by atoms with Crippen LogP contribution in [0.25, 0.3) is 0 Å². The van der Waals surface area contributed by atoms with Crippen LogP contribution in [0.4, 0.5) is 0 Å². The van der Waals surface area contributed by atoms with Gasteiger partial charge in [0.15, 0.2) is 0 Å². The van der Waals surface area contributed by atoms with Gasteiger partial charge in [-0.1, -0.05) is 6.07 Å². The number of aryl methyl sites for hydroxylation is 2. The quantitative estimate of drug-likeness (QED) is 0.614. The molecule has 0 aliphatic rings. The molecule has 0 bridgehead atoms. The van der Waals surface area contributed by atoms with Crippen LogP contribution in [0.1, 0.15) is 11.1 Å². The Morgan fingerprint density at radius 2 is 1.74 bits per heavy atom. The average molecular weight is 351 g/mol. The maximum Gasteiger partial charge on any atom is 0.240 e. The summed E-state index contributed by atoms with van der Waals surface area (Å²) >= 11 is 1.64. The van der Waals surface area contributed by atoms with Gasteiger partial charge < -0.3 is 4.74 Å². The summed E-state index contributed by atoms with van der Waals surface area (Å²) in [6.45, 7) is 4.53. The summed E-state index contributed by atoms with van der Waals surface area (Å²) in [4.78, 5) is 1.39. The number of hydrogen-bond donors (Lipinski definition) is 1. The van der Waals surface area contributed by atoms with Crippen molar-refractivity contribution in [1.82, 2.24) is 4.72 Å². The highest BCUT2D eigenvalue weighted by Crippen LogP contribution is 2.21. The molecule has 1 N–H and O–H groups in total. The van der Waals surface area contributed by atoms with Crippen molar-refractivity contribution in [2.75, 3.05) is 19.4 Å². The maximum atomic E-state index is 12.2. The van der Waals surface area contributed by atoms with Crippen LogP contribution < -0.4 is 9.46 Å². The summed E-state index contributed by atoms with van der Waals surface area (Å²) in [5.74, 6) is 1.31. The molecule has 0 atom stereocenters. The van der Waals surface area contributed by atoms with E-state index in [0.29, 0.717) is 18.0 Å². The highest BCUT2D eigenvalue weighted by molar-refractivity contribution is 7.99. The fourth-order valence-corrected chi connectivity index (χ4v) is 4.01. The van der Waals surface area contributed by atoms with E-state index in [1.165, 1.54) is 23.3 Å². The minimum atomic E-state index is -3.47. The van der Waals surface area contributed by atoms with Crippen molar-refractivity contribution in [3.05, 3.63) is 53.6 Å². The van der Waals surface area contributed by atoms with Gasteiger partial charge in [0, 0.05) is 17.2 Å². The van der Waals surface area contributed by atoms with Crippen LogP contribution in [0.5, 0.6) is 5.75 Å². The van der Waals surface area contributed by atoms with E-state index in [9.17, 15) is 8.42 Å². The van der Waals surface area contributed by atoms with Crippen molar-refractivity contribution in [2.45, 2.75) is 23.6 Å². The molecule has 0 fully saturated rings. The van der Waals surface area contributed by atoms with Crippen LogP contribution in [0.2, 0.25) is 0 Å². The summed E-state index contributed by atoms with van der Waals surface area (Å²) in [7, 11) is -1.93. The van der Waals surface area contributed by atoms with Gasteiger partial charge in [0.05, 0.1) is 12.0 Å². The predicted octanol–water partition coefficient (Wildman–Crippen LogP) is 3.38. The Morgan fingerprint density at radius 1 is 1.04 bits per heavy atom. The molecule has 0 aliphatic heterocycles. The number of benzene rings is 2. The Morgan fingerprint density at radius 3 is 2.35 bits per heavy atom. The van der Waals surface area contributed by atoms with Crippen molar-refractivity contribution in [2.24, 2.45) is 0 Å². The molecule has 0 unspecified atom stereocenters. The van der Waals surface area contributed by atoms with Crippen molar-refractivity contribution in [3.8, 4) is 5.75 Å². The molecular formula is C17H21NO3S2. The van der Waals surface area contributed by atoms with Crippen LogP contribution >= 0.6 is 11.8 Å². The maximum absolute atomic E-state index is 12.2. The number of nitrogens with one attached hydrogen (secondary N) is 1. The normalized spacial score (nSPS) is 11.4. The predicted molar refractivity (Wildman–Crippen MR) is 94.8 cm³/mol. The number of methoxy groups -OCH3 is 1. The second-order valence-electron chi connectivity index (χ2n) is 5.17. The highest BCUT2D eigenvalue weighted by Gasteiger charge is 2.13. The number of ether oxygens (including phenoxy) is 1. The molecule has 0 radical (unpaired) electrons. The molecule has 0 aromatic heterocycles. The first-order chi connectivity index (χ1) is 10.9. The van der Waals surface area contributed by atoms with Crippen molar-refractivity contribution < 1.29 is 13.2 Å². The Labute approximate surface area is 142 Å². The van der Waals surface area contributed by atoms with Crippen LogP contribution in [-0.4, -0.2) is 27.8 Å². The average Bonchev–Trinajstić information content (AvgIpc) is 2.55. The third kappa shape index (κ3) is 4.99. The van der Waals surface area contributed by atoms with E-state index in [2.05, 4.69) is 36.8 Å². The smallest absolute Gasteiger partial charge is 0.240 e. The Kier molecular flexibility index (Phi) is 6.10. The zero-order chi connectivity index (χ0) is 16.9. The first-order valence-electron chi connectivity index (χ1n) is 7.26. The van der Waals surface area contributed by atoms with Gasteiger partial charge >= 0.3 is 0 Å². The molecule has 0 saturated carbocycles. The number of rotatable bonds is 7. The lowest BCUT2D eigenvalue weighted by Crippen LogP contribution is -2.25. The molecule has 0 spiro atoms. The lowest BCUT2D eigenvalue weighted by Gasteiger charge is -2.08. The third-order valence-corrected chi connectivity index (χ3v) is 5.98. The zero-order valence-electron chi connectivity index (χ0n) is 13.5. The fraction of sp³-hybridized carbons (Fsp3) is 0.294. The molecular weight excluding hydrogens is 330 g/mol. The van der Waals surface area contributed by atoms with E-state index in [1.807, 2.05) is 0 Å². The fourth-order valence-electron chi connectivity index (χ4n) is 1.99. The molecule has 6 heteroatoms. The van der Waals surface area contributed by atoms with Gasteiger partial charge in [0.2, 0.25) is 10.0 Å². The second kappa shape index (κ2) is 7.86. The standard InChI is InChI=1S/C17H21NO3S2/c1-13-4-7-16(12-14(13)2)22-11-10-18-23(19,20)17-8-5-15(21-3)6-9-17/h4-9,12,18H,10-11H2,1-3H3. The molecule has 0 aliphatic carbocycles. The van der Waals surface area contributed by atoms with Crippen molar-refractivity contribution >= 4 is 21.8 Å². The zero-order valence-corrected chi connectivity index (χ0v) is 15.1. The molecule has 0 heterocycles. The van der Waals surface area contributed by atoms with Gasteiger partial charge in [0.1, 0.15) is 5.75 Å². The van der Waals surface area contributed by atoms with Gasteiger partial charge in [0.25, 0.3) is 0 Å². The van der Waals surface area contributed by atoms with E-state index in [-0.39, 0.29) is 4.90 Å². The Bertz CT molecular complexity index is 756. The Balaban J connectivity index is 1.87. The minimum absolute atomic E-state index is 0.245. The van der Waals surface area contributed by atoms with Crippen molar-refractivity contribution in [1.29, 1.82) is 0 Å². The van der Waals surface area contributed by atoms with Gasteiger partial charge in [-0.3, -0.25) is 0 Å². The molecule has 0 saturated heterocycles. The molecule has 124 valence electrons. The number of hydrogen-bond acceptors (Lipinski definition) is 4. The lowest BCUT2D eigenvalue weighted by atomic mass is 10.1. The summed E-state index contributed by atoms with van der Waals surface area (Å²) < 4.78 is 32.0. The van der Waals surface area contributed by atoms with Crippen molar-refractivity contribution in [3.63, 3.8) is 0 Å². The summed E-state index contributed by atoms with van der Waals surface area (Å²) in [5, 5.41) is 0. The van der Waals surface area contributed by atoms with E-state index in [0.717, 1.165) is 4.90 Å². The van der Waals surface area contributed by atoms with Gasteiger partial charge in [-0.15, -0.1) is 11.8 Å². The SMILES string of the molecule is COc1ccc(S(=O)(=O)NCCSc2ccc(C)c(C)c2)cc1. The first-order valence-corrected chi connectivity index (χ1v) is 9.73. The minimum Gasteiger partial charge on any atom is -0.497 e. The molecule has 0 amide bonds. The van der Waals surface area contributed by atoms with Crippen LogP contribution in [-0.2, 0) is 10.0 Å². The van der Waals surface area contributed by atoms with E-state index >= 15 is 0 Å². The molecule has 2 aromatic carbocycles. The van der Waals surface area contributed by atoms with Gasteiger partial charge in [-0.05, 0) is 61.4 Å². The summed E-state index contributed by atoms with van der Waals surface area (Å²) in [6.07, 6.45) is 0. The molecule has 2 aromatic rings. The summed E-state index contributed by atoms with van der Waals surface area (Å²) in [6, 6.07) is 12.6. The lowest BCUT2D eigenvalue weighted by molar-refractivity contribution is 0.414. The summed E-state index contributed by atoms with van der Waals surface area (Å²) in [5.41, 5.74) is 2.50. The first kappa shape index (κ1) is 17.8. The van der Waals surface area contributed by atoms with E-state index in [1.54, 1.807) is 31.0 Å². The Hall–Kier alpha value is -1.50. The van der Waals surface area contributed by atoms with E-state index in [4.69, 9.17) is 4.74 Å². The second-order valence-corrected chi connectivity index (χ2v) is 8.10. The van der Waals surface area contributed by atoms with Crippen LogP contribution in [0.3, 0.4) is 0 Å². The topological polar surface area (TPSA) is 55.4 Å². The number of sulfonamides is 1. The highest BCUT2D eigenvalue weighted by atomic mass is 32.2. The van der Waals surface area contributed by atoms with Gasteiger partial charge in [-0.2, -0.15) is 0 Å². The molecule has 2 rings (SSSR count). The molecule has 23 heavy (non-hydrogen) atoms. The monoisotopic (exact) mass is 351 g/mol. The van der Waals surface area contributed by atoms with Gasteiger partial charge in [-0.25, -0.2) is 13.1 Å². The van der Waals surface area contributed by atoms with Crippen LogP contribution in [0, 0.1) is 13.8 Å². The van der Waals surface area contributed by atoms with Crippen LogP contribution in [0.15, 0.2) is 52.3 Å². The third-order valence-electron chi connectivity index (χ3n) is 3.51. The number of thioether (sulfide) groups is 1. The molecule has 4 nitrogen and oxygen atoms in total.